The van der Waals surface area contributed by atoms with Crippen LogP contribution in [-0.4, -0.2) is 98.7 Å². The van der Waals surface area contributed by atoms with Crippen LogP contribution in [-0.2, 0) is 40.3 Å². The molecule has 20 heteroatoms. The van der Waals surface area contributed by atoms with Crippen LogP contribution in [0.5, 0.6) is 11.8 Å². The Labute approximate surface area is 462 Å². The fourth-order valence-electron chi connectivity index (χ4n) is 13.1. The van der Waals surface area contributed by atoms with Crippen molar-refractivity contribution in [3.8, 4) is 46.4 Å². The zero-order chi connectivity index (χ0) is 55.2. The van der Waals surface area contributed by atoms with Gasteiger partial charge in [-0.05, 0) is 118 Å². The first-order valence-corrected chi connectivity index (χ1v) is 28.0. The Hall–Kier alpha value is -7.71. The van der Waals surface area contributed by atoms with Gasteiger partial charge in [-0.15, -0.1) is 11.3 Å². The molecule has 13 rings (SSSR count). The normalized spacial score (nSPS) is 18.2. The number of piperazine rings is 1. The summed E-state index contributed by atoms with van der Waals surface area (Å²) in [7, 11) is 0. The third kappa shape index (κ3) is 8.42. The Morgan fingerprint density at radius 1 is 0.987 bits per heavy atom. The van der Waals surface area contributed by atoms with Crippen LogP contribution < -0.4 is 25.7 Å². The summed E-state index contributed by atoms with van der Waals surface area (Å²) in [6.45, 7) is 13.3. The van der Waals surface area contributed by atoms with Gasteiger partial charge >= 0.3 is 12.0 Å². The van der Waals surface area contributed by atoms with Gasteiger partial charge in [0.1, 0.15) is 53.3 Å². The first-order chi connectivity index (χ1) is 38.2. The number of halogens is 3. The van der Waals surface area contributed by atoms with Crippen LogP contribution in [0.3, 0.4) is 0 Å². The number of esters is 1. The Morgan fingerprint density at radius 2 is 1.73 bits per heavy atom. The van der Waals surface area contributed by atoms with Crippen molar-refractivity contribution in [3.05, 3.63) is 109 Å². The molecular formula is C59H55ClF2N10O6S. The van der Waals surface area contributed by atoms with Crippen molar-refractivity contribution >= 4 is 77.5 Å². The van der Waals surface area contributed by atoms with Crippen LogP contribution in [0.2, 0.25) is 5.02 Å². The molecular weight excluding hydrogens is 1050 g/mol. The van der Waals surface area contributed by atoms with Gasteiger partial charge in [0.15, 0.2) is 5.82 Å². The number of carbonyl (C=O) groups excluding carboxylic acids is 2. The van der Waals surface area contributed by atoms with Crippen LogP contribution in [0.1, 0.15) is 98.6 Å². The van der Waals surface area contributed by atoms with Crippen molar-refractivity contribution in [2.24, 2.45) is 0 Å². The van der Waals surface area contributed by atoms with Gasteiger partial charge in [0.2, 0.25) is 0 Å². The minimum Gasteiger partial charge on any atom is -0.486 e. The molecule has 2 N–H and O–H groups in total. The number of nitrogens with zero attached hydrogens (tertiary/aromatic N) is 9. The highest BCUT2D eigenvalue weighted by Crippen LogP contribution is 2.48. The second-order valence-corrected chi connectivity index (χ2v) is 22.6. The third-order valence-electron chi connectivity index (χ3n) is 17.0. The second-order valence-electron chi connectivity index (χ2n) is 21.2. The number of thiophene rings is 1. The van der Waals surface area contributed by atoms with Gasteiger partial charge in [0.05, 0.1) is 61.8 Å². The monoisotopic (exact) mass is 1100 g/mol. The average Bonchev–Trinajstić information content (AvgIpc) is 4.32. The van der Waals surface area contributed by atoms with Gasteiger partial charge in [-0.25, -0.2) is 13.8 Å². The van der Waals surface area contributed by atoms with E-state index in [1.165, 1.54) is 19.1 Å². The van der Waals surface area contributed by atoms with Crippen molar-refractivity contribution in [1.82, 2.24) is 29.3 Å². The van der Waals surface area contributed by atoms with Gasteiger partial charge < -0.3 is 34.3 Å². The average molecular weight is 1110 g/mol. The number of benzene rings is 3. The number of nitriles is 2. The number of amides is 1. The van der Waals surface area contributed by atoms with Crippen LogP contribution in [0.25, 0.3) is 54.4 Å². The van der Waals surface area contributed by atoms with E-state index in [0.717, 1.165) is 114 Å². The van der Waals surface area contributed by atoms with Crippen LogP contribution in [0.15, 0.2) is 53.3 Å². The van der Waals surface area contributed by atoms with Gasteiger partial charge in [-0.3, -0.25) is 19.3 Å². The lowest BCUT2D eigenvalue weighted by Gasteiger charge is -2.37. The highest BCUT2D eigenvalue weighted by atomic mass is 35.5. The second kappa shape index (κ2) is 20.2. The third-order valence-corrected chi connectivity index (χ3v) is 18.3. The molecule has 5 aliphatic heterocycles. The molecule has 0 saturated carbocycles. The number of fused-ring (bicyclic) bond motifs is 8. The van der Waals surface area contributed by atoms with E-state index in [0.29, 0.717) is 68.3 Å². The summed E-state index contributed by atoms with van der Waals surface area (Å²) in [5.74, 6) is -1.39. The number of nitrogen functional groups attached to an aromatic ring is 1. The van der Waals surface area contributed by atoms with E-state index in [9.17, 15) is 19.6 Å². The quantitative estimate of drug-likeness (QED) is 0.1000. The van der Waals surface area contributed by atoms with Gasteiger partial charge in [-0.2, -0.15) is 20.5 Å². The van der Waals surface area contributed by atoms with Gasteiger partial charge in [-0.1, -0.05) is 31.2 Å². The first kappa shape index (κ1) is 52.0. The van der Waals surface area contributed by atoms with Gasteiger partial charge in [0, 0.05) is 71.5 Å². The smallest absolute Gasteiger partial charge is 0.319 e. The zero-order valence-corrected chi connectivity index (χ0v) is 45.5. The first-order valence-electron chi connectivity index (χ1n) is 26.8. The summed E-state index contributed by atoms with van der Waals surface area (Å²) in [6.07, 6.45) is 6.33. The standard InChI is InChI=1S/C57H52ClF2N9O6S.C2H3N/c1-4-30-34-23-42-48-37(25-69(42)54(71)38(34)26-73-55(30)72)31-8-5-9-32-43(13-12-41(63-48)44(31)32)75-29(3)28(2)53(70)67-20-18-66(19-21-67)52-35-22-39(58)46(33-10-11-40(59)50-45(33)36(24-61)51(62)76-50)47(60)49(35)64-56(65-52)74-27-57-14-6-16-68(57)17-7-15-57;1-2-3/h10-13,22-23,29-30H,2,4-9,14-21,25-27,62H2,1,3H3;1H3. The predicted molar refractivity (Wildman–Crippen MR) is 297 cm³/mol. The maximum absolute atomic E-state index is 17.4. The van der Waals surface area contributed by atoms with Crippen LogP contribution in [0, 0.1) is 34.3 Å². The minimum atomic E-state index is -0.781. The minimum absolute atomic E-state index is 0.000672. The number of carbonyl (C=O) groups is 2. The van der Waals surface area contributed by atoms with E-state index >= 15 is 8.78 Å². The van der Waals surface area contributed by atoms with Crippen LogP contribution in [0.4, 0.5) is 19.6 Å². The largest absolute Gasteiger partial charge is 0.486 e. The van der Waals surface area contributed by atoms with Crippen molar-refractivity contribution in [1.29, 1.82) is 10.5 Å². The number of ether oxygens (including phenoxy) is 3. The molecule has 2 atom stereocenters. The molecule has 7 aromatic rings. The Balaban J connectivity index is 0.00000203. The zero-order valence-electron chi connectivity index (χ0n) is 43.9. The van der Waals surface area contributed by atoms with Gasteiger partial charge in [0.25, 0.3) is 11.5 Å². The van der Waals surface area contributed by atoms with E-state index in [-0.39, 0.29) is 83.5 Å². The molecule has 79 heavy (non-hydrogen) atoms. The Kier molecular flexibility index (Phi) is 13.3. The summed E-state index contributed by atoms with van der Waals surface area (Å²) >= 11 is 7.93. The Bertz CT molecular complexity index is 3930. The summed E-state index contributed by atoms with van der Waals surface area (Å²) in [6, 6.07) is 13.8. The molecule has 1 amide bonds. The topological polar surface area (TPSA) is 206 Å². The molecule has 6 aliphatic rings. The molecule has 9 heterocycles. The molecule has 0 bridgehead atoms. The summed E-state index contributed by atoms with van der Waals surface area (Å²) < 4.78 is 53.0. The number of anilines is 2. The number of hydrogen-bond acceptors (Lipinski definition) is 15. The lowest BCUT2D eigenvalue weighted by molar-refractivity contribution is -0.148. The lowest BCUT2D eigenvalue weighted by Crippen LogP contribution is -2.50. The molecule has 0 radical (unpaired) electrons. The fourth-order valence-corrected chi connectivity index (χ4v) is 14.3. The summed E-state index contributed by atoms with van der Waals surface area (Å²) in [4.78, 5) is 61.8. The number of aryl methyl sites for hydroxylation is 2. The number of cyclic esters (lactones) is 1. The predicted octanol–water partition coefficient (Wildman–Crippen LogP) is 9.88. The Morgan fingerprint density at radius 3 is 2.47 bits per heavy atom. The fraction of sp³-hybridized carbons (Fsp3) is 0.390. The molecule has 1 aliphatic carbocycles. The van der Waals surface area contributed by atoms with E-state index in [1.54, 1.807) is 21.6 Å². The number of hydrogen-bond donors (Lipinski definition) is 1. The maximum Gasteiger partial charge on any atom is 0.319 e. The van der Waals surface area contributed by atoms with Crippen molar-refractivity contribution < 1.29 is 32.6 Å². The van der Waals surface area contributed by atoms with Crippen molar-refractivity contribution in [2.75, 3.05) is 56.5 Å². The number of pyridine rings is 2. The van der Waals surface area contributed by atoms with E-state index in [1.807, 2.05) is 36.9 Å². The molecule has 3 saturated heterocycles. The highest BCUT2D eigenvalue weighted by molar-refractivity contribution is 7.23. The molecule has 404 valence electrons. The molecule has 3 fully saturated rings. The molecule has 4 aromatic heterocycles. The van der Waals surface area contributed by atoms with Crippen molar-refractivity contribution in [3.63, 3.8) is 0 Å². The van der Waals surface area contributed by atoms with E-state index in [2.05, 4.69) is 22.5 Å². The SMILES string of the molecule is C=C(C(=O)N1CCN(c2nc(OCC34CCCN3CCC4)nc3c(F)c(-c4ccc(F)c5sc(N)c(C#N)c45)c(Cl)cc23)CC1)C(C)Oc1ccc2nc3c(c4c2c1CCC4)Cn1c-3cc2c(c1=O)COC(=O)C2CC.CC#N. The molecule has 3 aromatic carbocycles. The van der Waals surface area contributed by atoms with E-state index < -0.39 is 23.7 Å². The van der Waals surface area contributed by atoms with E-state index in [4.69, 9.17) is 46.8 Å². The van der Waals surface area contributed by atoms with Crippen LogP contribution >= 0.6 is 22.9 Å². The number of aromatic nitrogens is 4. The number of nitrogens with two attached hydrogens (primary N) is 1. The summed E-state index contributed by atoms with van der Waals surface area (Å²) in [5.41, 5.74) is 13.0. The molecule has 16 nitrogen and oxygen atoms in total. The number of rotatable bonds is 10. The molecule has 2 unspecified atom stereocenters. The maximum atomic E-state index is 17.4. The summed E-state index contributed by atoms with van der Waals surface area (Å²) in [5, 5.41) is 19.0. The molecule has 0 spiro atoms. The lowest BCUT2D eigenvalue weighted by atomic mass is 9.86. The van der Waals surface area contributed by atoms with Crippen molar-refractivity contribution in [2.45, 2.75) is 103 Å². The highest BCUT2D eigenvalue weighted by Gasteiger charge is 2.45.